The molecule has 0 radical (unpaired) electrons. The van der Waals surface area contributed by atoms with Crippen LogP contribution in [0.25, 0.3) is 27.8 Å². The molecular weight excluding hydrogens is 432 g/mol. The van der Waals surface area contributed by atoms with E-state index in [0.29, 0.717) is 34.1 Å². The number of aryl methyl sites for hydroxylation is 1. The summed E-state index contributed by atoms with van der Waals surface area (Å²) in [6, 6.07) is 15.1. The van der Waals surface area contributed by atoms with Gasteiger partial charge in [-0.2, -0.15) is 0 Å². The number of carbonyl (C=O) groups is 1. The van der Waals surface area contributed by atoms with Crippen molar-refractivity contribution in [2.24, 2.45) is 0 Å². The maximum Gasteiger partial charge on any atom is 0.272 e. The lowest BCUT2D eigenvalue weighted by atomic mass is 10.1. The van der Waals surface area contributed by atoms with Gasteiger partial charge < -0.3 is 28.9 Å². The Labute approximate surface area is 196 Å². The number of pyridine rings is 1. The van der Waals surface area contributed by atoms with E-state index >= 15 is 0 Å². The zero-order chi connectivity index (χ0) is 23.8. The Morgan fingerprint density at radius 3 is 2.44 bits per heavy atom. The summed E-state index contributed by atoms with van der Waals surface area (Å²) in [5, 5.41) is 3.65. The molecule has 0 aliphatic carbocycles. The molecule has 2 aromatic carbocycles. The monoisotopic (exact) mass is 456 g/mol. The quantitative estimate of drug-likeness (QED) is 0.372. The van der Waals surface area contributed by atoms with Crippen LogP contribution in [0.2, 0.25) is 0 Å². The van der Waals surface area contributed by atoms with Crippen molar-refractivity contribution in [2.45, 2.75) is 6.92 Å². The Balaban J connectivity index is 1.41. The van der Waals surface area contributed by atoms with Gasteiger partial charge in [-0.25, -0.2) is 4.98 Å². The smallest absolute Gasteiger partial charge is 0.272 e. The fourth-order valence-corrected chi connectivity index (χ4v) is 4.07. The Bertz CT molecular complexity index is 1520. The second-order valence-corrected chi connectivity index (χ2v) is 7.87. The van der Waals surface area contributed by atoms with Gasteiger partial charge in [0.1, 0.15) is 17.1 Å². The van der Waals surface area contributed by atoms with Crippen molar-refractivity contribution in [3.63, 3.8) is 0 Å². The number of hydrogen-bond donors (Lipinski definition) is 2. The highest BCUT2D eigenvalue weighted by molar-refractivity contribution is 6.08. The highest BCUT2D eigenvalue weighted by atomic mass is 16.5. The number of methoxy groups -OCH3 is 3. The molecule has 5 rings (SSSR count). The predicted octanol–water partition coefficient (Wildman–Crippen LogP) is 5.07. The molecule has 0 saturated carbocycles. The number of fused-ring (bicyclic) bond motifs is 2. The van der Waals surface area contributed by atoms with E-state index < -0.39 is 0 Å². The van der Waals surface area contributed by atoms with Crippen molar-refractivity contribution >= 4 is 28.1 Å². The minimum Gasteiger partial charge on any atom is -0.496 e. The van der Waals surface area contributed by atoms with Crippen LogP contribution in [0.1, 0.15) is 16.1 Å². The predicted molar refractivity (Wildman–Crippen MR) is 131 cm³/mol. The molecule has 1 amide bonds. The van der Waals surface area contributed by atoms with Crippen LogP contribution in [0.5, 0.6) is 17.2 Å². The lowest BCUT2D eigenvalue weighted by Crippen LogP contribution is -2.12. The zero-order valence-corrected chi connectivity index (χ0v) is 19.3. The third-order valence-corrected chi connectivity index (χ3v) is 5.80. The SMILES string of the molecule is COc1cc(OC)c2cc(C(=O)Nc3ccc(-c4cn5cccc(C)c5n4)cc3)[nH]c2c1OC. The number of aromatic amines is 1. The maximum absolute atomic E-state index is 13.0. The minimum atomic E-state index is -0.282. The van der Waals surface area contributed by atoms with E-state index in [1.807, 2.05) is 60.1 Å². The normalized spacial score (nSPS) is 11.1. The average molecular weight is 457 g/mol. The van der Waals surface area contributed by atoms with E-state index in [1.54, 1.807) is 33.5 Å². The van der Waals surface area contributed by atoms with E-state index in [-0.39, 0.29) is 5.91 Å². The van der Waals surface area contributed by atoms with Gasteiger partial charge in [0.05, 0.1) is 32.5 Å². The molecule has 5 aromatic rings. The maximum atomic E-state index is 13.0. The van der Waals surface area contributed by atoms with Crippen molar-refractivity contribution in [1.29, 1.82) is 0 Å². The number of hydrogen-bond acceptors (Lipinski definition) is 5. The van der Waals surface area contributed by atoms with Crippen molar-refractivity contribution < 1.29 is 19.0 Å². The van der Waals surface area contributed by atoms with Crippen LogP contribution < -0.4 is 19.5 Å². The van der Waals surface area contributed by atoms with Crippen LogP contribution in [-0.4, -0.2) is 41.6 Å². The van der Waals surface area contributed by atoms with Gasteiger partial charge in [0, 0.05) is 35.1 Å². The summed E-state index contributed by atoms with van der Waals surface area (Å²) in [6.45, 7) is 2.04. The minimum absolute atomic E-state index is 0.282. The Hall–Kier alpha value is -4.46. The second-order valence-electron chi connectivity index (χ2n) is 7.87. The molecule has 3 heterocycles. The first-order valence-corrected chi connectivity index (χ1v) is 10.7. The van der Waals surface area contributed by atoms with Crippen LogP contribution in [0.15, 0.2) is 60.9 Å². The molecule has 0 atom stereocenters. The molecule has 2 N–H and O–H groups in total. The number of H-pyrrole nitrogens is 1. The van der Waals surface area contributed by atoms with E-state index in [9.17, 15) is 4.79 Å². The van der Waals surface area contributed by atoms with Gasteiger partial charge >= 0.3 is 0 Å². The van der Waals surface area contributed by atoms with Gasteiger partial charge in [0.15, 0.2) is 11.5 Å². The summed E-state index contributed by atoms with van der Waals surface area (Å²) in [5.74, 6) is 1.31. The van der Waals surface area contributed by atoms with Crippen molar-refractivity contribution in [3.8, 4) is 28.5 Å². The standard InChI is InChI=1S/C26H24N4O4/c1-15-6-5-11-30-14-20(29-25(15)30)16-7-9-17(10-8-16)27-26(31)19-12-18-21(32-2)13-22(33-3)24(34-4)23(18)28-19/h5-14,28H,1-4H3,(H,27,31). The van der Waals surface area contributed by atoms with Gasteiger partial charge in [-0.15, -0.1) is 0 Å². The Kier molecular flexibility index (Phi) is 5.33. The lowest BCUT2D eigenvalue weighted by Gasteiger charge is -2.11. The topological polar surface area (TPSA) is 89.9 Å². The largest absolute Gasteiger partial charge is 0.496 e. The number of benzene rings is 2. The van der Waals surface area contributed by atoms with E-state index in [1.165, 1.54) is 0 Å². The van der Waals surface area contributed by atoms with Crippen LogP contribution in [-0.2, 0) is 0 Å². The number of rotatable bonds is 6. The Morgan fingerprint density at radius 2 is 1.76 bits per heavy atom. The van der Waals surface area contributed by atoms with Gasteiger partial charge in [0.25, 0.3) is 5.91 Å². The third kappa shape index (κ3) is 3.59. The fourth-order valence-electron chi connectivity index (χ4n) is 4.07. The summed E-state index contributed by atoms with van der Waals surface area (Å²) in [7, 11) is 4.67. The first-order valence-electron chi connectivity index (χ1n) is 10.7. The summed E-state index contributed by atoms with van der Waals surface area (Å²) >= 11 is 0. The van der Waals surface area contributed by atoms with E-state index in [4.69, 9.17) is 19.2 Å². The van der Waals surface area contributed by atoms with Crippen LogP contribution >= 0.6 is 0 Å². The molecule has 0 aliphatic heterocycles. The first kappa shape index (κ1) is 21.4. The zero-order valence-electron chi connectivity index (χ0n) is 19.3. The van der Waals surface area contributed by atoms with Crippen molar-refractivity contribution in [2.75, 3.05) is 26.6 Å². The van der Waals surface area contributed by atoms with Crippen LogP contribution in [0.4, 0.5) is 5.69 Å². The summed E-state index contributed by atoms with van der Waals surface area (Å²) in [5.41, 5.74) is 5.55. The molecule has 0 aliphatic rings. The fraction of sp³-hybridized carbons (Fsp3) is 0.154. The average Bonchev–Trinajstić information content (AvgIpc) is 3.49. The number of carbonyl (C=O) groups excluding carboxylic acids is 1. The number of aromatic nitrogens is 3. The van der Waals surface area contributed by atoms with Gasteiger partial charge in [-0.1, -0.05) is 18.2 Å². The molecule has 8 nitrogen and oxygen atoms in total. The second kappa shape index (κ2) is 8.47. The molecule has 0 saturated heterocycles. The number of anilines is 1. The van der Waals surface area contributed by atoms with Crippen LogP contribution in [0.3, 0.4) is 0 Å². The number of nitrogens with one attached hydrogen (secondary N) is 2. The van der Waals surface area contributed by atoms with Gasteiger partial charge in [-0.3, -0.25) is 4.79 Å². The van der Waals surface area contributed by atoms with Gasteiger partial charge in [-0.05, 0) is 36.8 Å². The highest BCUT2D eigenvalue weighted by Crippen LogP contribution is 2.41. The number of imidazole rings is 1. The van der Waals surface area contributed by atoms with Crippen LogP contribution in [0, 0.1) is 6.92 Å². The molecule has 0 unspecified atom stereocenters. The van der Waals surface area contributed by atoms with E-state index in [0.717, 1.165) is 27.9 Å². The number of ether oxygens (including phenoxy) is 3. The van der Waals surface area contributed by atoms with E-state index in [2.05, 4.69) is 10.3 Å². The lowest BCUT2D eigenvalue weighted by molar-refractivity contribution is 0.102. The summed E-state index contributed by atoms with van der Waals surface area (Å²) < 4.78 is 18.4. The molecule has 0 fully saturated rings. The molecule has 172 valence electrons. The van der Waals surface area contributed by atoms with Gasteiger partial charge in [0.2, 0.25) is 0 Å². The van der Waals surface area contributed by atoms with Crippen molar-refractivity contribution in [1.82, 2.24) is 14.4 Å². The molecular formula is C26H24N4O4. The van der Waals surface area contributed by atoms with Crippen molar-refractivity contribution in [3.05, 3.63) is 72.2 Å². The Morgan fingerprint density at radius 1 is 1.00 bits per heavy atom. The molecule has 0 spiro atoms. The number of nitrogens with zero attached hydrogens (tertiary/aromatic N) is 2. The summed E-state index contributed by atoms with van der Waals surface area (Å²) in [6.07, 6.45) is 3.97. The first-order chi connectivity index (χ1) is 16.5. The number of amides is 1. The molecule has 0 bridgehead atoms. The molecule has 8 heteroatoms. The summed E-state index contributed by atoms with van der Waals surface area (Å²) in [4.78, 5) is 20.8. The molecule has 3 aromatic heterocycles. The molecule has 34 heavy (non-hydrogen) atoms. The highest BCUT2D eigenvalue weighted by Gasteiger charge is 2.19. The third-order valence-electron chi connectivity index (χ3n) is 5.80.